The fourth-order valence-electron chi connectivity index (χ4n) is 5.44. The molecule has 12 heteroatoms. The van der Waals surface area contributed by atoms with E-state index in [1.54, 1.807) is 11.2 Å². The monoisotopic (exact) mass is 522 g/mol. The van der Waals surface area contributed by atoms with Gasteiger partial charge in [0, 0.05) is 25.2 Å². The molecule has 3 aromatic rings. The Kier molecular flexibility index (Phi) is 7.87. The molecule has 2 aliphatic heterocycles. The molecule has 1 aromatic carbocycles. The van der Waals surface area contributed by atoms with Gasteiger partial charge in [-0.2, -0.15) is 0 Å². The Morgan fingerprint density at radius 3 is 2.97 bits per heavy atom. The smallest absolute Gasteiger partial charge is 0.405 e. The molecule has 1 fully saturated rings. The number of benzene rings is 1. The number of hydrogen-bond donors (Lipinski definition) is 4. The normalized spacial score (nSPS) is 17.9. The highest BCUT2D eigenvalue weighted by Gasteiger charge is 2.31. The number of carbonyl (C=O) groups is 2. The Bertz CT molecular complexity index is 1280. The number of imidazole rings is 1. The SMILES string of the molecule is NCCCC[C@H](NC(=O)O)C(=O)N1CCc2cccc(OC[C@H]3CCCN3c3ncnc4nc[nH]c34)c2C1. The van der Waals surface area contributed by atoms with Gasteiger partial charge in [-0.25, -0.2) is 19.7 Å². The second-order valence-electron chi connectivity index (χ2n) is 9.79. The molecule has 38 heavy (non-hydrogen) atoms. The van der Waals surface area contributed by atoms with Crippen molar-refractivity contribution in [2.75, 3.05) is 31.1 Å². The van der Waals surface area contributed by atoms with Crippen molar-refractivity contribution >= 4 is 29.0 Å². The van der Waals surface area contributed by atoms with Gasteiger partial charge in [-0.15, -0.1) is 0 Å². The van der Waals surface area contributed by atoms with E-state index >= 15 is 0 Å². The van der Waals surface area contributed by atoms with Crippen molar-refractivity contribution in [1.82, 2.24) is 30.2 Å². The average Bonchev–Trinajstić information content (AvgIpc) is 3.60. The minimum Gasteiger partial charge on any atom is -0.491 e. The van der Waals surface area contributed by atoms with E-state index in [9.17, 15) is 14.7 Å². The fourth-order valence-corrected chi connectivity index (χ4v) is 5.44. The molecule has 0 saturated carbocycles. The van der Waals surface area contributed by atoms with Gasteiger partial charge in [-0.05, 0) is 56.7 Å². The fraction of sp³-hybridized carbons (Fsp3) is 0.500. The zero-order valence-electron chi connectivity index (χ0n) is 21.3. The first-order valence-corrected chi connectivity index (χ1v) is 13.2. The van der Waals surface area contributed by atoms with Crippen LogP contribution in [0.1, 0.15) is 43.2 Å². The zero-order valence-corrected chi connectivity index (χ0v) is 21.3. The standard InChI is InChI=1S/C26H34N8O4/c27-10-2-1-7-20(32-26(36)37)25(35)33-12-9-17-5-3-8-21(19(17)13-33)38-14-18-6-4-11-34(18)24-22-23(29-15-28-22)30-16-31-24/h3,5,8,15-16,18,20,32H,1-2,4,6-7,9-14,27H2,(H,36,37)(H,28,29,30,31)/t18-,20+/m1/s1. The maximum atomic E-state index is 13.3. The van der Waals surface area contributed by atoms with Crippen LogP contribution in [0.15, 0.2) is 30.9 Å². The van der Waals surface area contributed by atoms with Crippen LogP contribution in [-0.2, 0) is 17.8 Å². The summed E-state index contributed by atoms with van der Waals surface area (Å²) in [6.07, 6.45) is 6.51. The maximum absolute atomic E-state index is 13.3. The number of anilines is 1. The van der Waals surface area contributed by atoms with Gasteiger partial charge in [-0.3, -0.25) is 4.79 Å². The van der Waals surface area contributed by atoms with Gasteiger partial charge in [0.1, 0.15) is 30.2 Å². The van der Waals surface area contributed by atoms with Crippen LogP contribution in [0.2, 0.25) is 0 Å². The lowest BCUT2D eigenvalue weighted by Crippen LogP contribution is -2.49. The van der Waals surface area contributed by atoms with Crippen molar-refractivity contribution in [1.29, 1.82) is 0 Å². The first-order valence-electron chi connectivity index (χ1n) is 13.2. The number of H-pyrrole nitrogens is 1. The second-order valence-corrected chi connectivity index (χ2v) is 9.79. The highest BCUT2D eigenvalue weighted by atomic mass is 16.5. The second kappa shape index (κ2) is 11.6. The van der Waals surface area contributed by atoms with Crippen molar-refractivity contribution in [2.24, 2.45) is 5.73 Å². The Hall–Kier alpha value is -3.93. The van der Waals surface area contributed by atoms with E-state index < -0.39 is 12.1 Å². The number of carboxylic acid groups (broad SMARTS) is 1. The van der Waals surface area contributed by atoms with Gasteiger partial charge < -0.3 is 35.7 Å². The van der Waals surface area contributed by atoms with E-state index in [4.69, 9.17) is 10.5 Å². The topological polar surface area (TPSA) is 163 Å². The number of nitrogens with one attached hydrogen (secondary N) is 2. The maximum Gasteiger partial charge on any atom is 0.405 e. The van der Waals surface area contributed by atoms with Crippen molar-refractivity contribution in [3.63, 3.8) is 0 Å². The Balaban J connectivity index is 1.28. The molecule has 2 aromatic heterocycles. The summed E-state index contributed by atoms with van der Waals surface area (Å²) in [5.74, 6) is 1.38. The highest BCUT2D eigenvalue weighted by molar-refractivity contribution is 5.85. The van der Waals surface area contributed by atoms with Gasteiger partial charge in [0.25, 0.3) is 0 Å². The Morgan fingerprint density at radius 1 is 1.24 bits per heavy atom. The van der Waals surface area contributed by atoms with E-state index in [0.717, 1.165) is 54.0 Å². The van der Waals surface area contributed by atoms with Crippen molar-refractivity contribution in [3.05, 3.63) is 42.0 Å². The lowest BCUT2D eigenvalue weighted by atomic mass is 9.97. The summed E-state index contributed by atoms with van der Waals surface area (Å²) in [7, 11) is 0. The third kappa shape index (κ3) is 5.49. The van der Waals surface area contributed by atoms with Crippen LogP contribution >= 0.6 is 0 Å². The number of ether oxygens (including phenoxy) is 1. The largest absolute Gasteiger partial charge is 0.491 e. The van der Waals surface area contributed by atoms with Crippen LogP contribution in [0.5, 0.6) is 5.75 Å². The molecule has 2 aliphatic rings. The molecule has 2 atom stereocenters. The van der Waals surface area contributed by atoms with Gasteiger partial charge in [0.2, 0.25) is 5.91 Å². The van der Waals surface area contributed by atoms with Crippen LogP contribution in [0, 0.1) is 0 Å². The van der Waals surface area contributed by atoms with Gasteiger partial charge in [0.05, 0.1) is 12.4 Å². The number of hydrogen-bond acceptors (Lipinski definition) is 8. The molecular formula is C26H34N8O4. The van der Waals surface area contributed by atoms with Crippen LogP contribution in [0.25, 0.3) is 11.2 Å². The molecule has 0 radical (unpaired) electrons. The average molecular weight is 523 g/mol. The van der Waals surface area contributed by atoms with Crippen LogP contribution in [0.4, 0.5) is 10.6 Å². The molecule has 2 amide bonds. The molecule has 0 bridgehead atoms. The molecule has 4 heterocycles. The van der Waals surface area contributed by atoms with Crippen LogP contribution < -0.4 is 20.7 Å². The summed E-state index contributed by atoms with van der Waals surface area (Å²) in [5.41, 5.74) is 9.17. The molecular weight excluding hydrogens is 488 g/mol. The van der Waals surface area contributed by atoms with Crippen molar-refractivity contribution in [2.45, 2.75) is 57.2 Å². The van der Waals surface area contributed by atoms with E-state index in [-0.39, 0.29) is 11.9 Å². The minimum absolute atomic E-state index is 0.139. The quantitative estimate of drug-likeness (QED) is 0.292. The molecule has 1 saturated heterocycles. The van der Waals surface area contributed by atoms with Crippen LogP contribution in [-0.4, -0.2) is 80.3 Å². The van der Waals surface area contributed by atoms with E-state index in [0.29, 0.717) is 51.2 Å². The summed E-state index contributed by atoms with van der Waals surface area (Å²) in [5, 5.41) is 11.7. The molecule has 5 N–H and O–H groups in total. The lowest BCUT2D eigenvalue weighted by Gasteiger charge is -2.33. The number of carbonyl (C=O) groups excluding carboxylic acids is 1. The molecule has 12 nitrogen and oxygen atoms in total. The third-order valence-corrected chi connectivity index (χ3v) is 7.37. The predicted octanol–water partition coefficient (Wildman–Crippen LogP) is 2.05. The first kappa shape index (κ1) is 25.7. The van der Waals surface area contributed by atoms with Gasteiger partial charge in [-0.1, -0.05) is 12.1 Å². The molecule has 0 unspecified atom stereocenters. The highest BCUT2D eigenvalue weighted by Crippen LogP contribution is 2.32. The molecule has 0 aliphatic carbocycles. The summed E-state index contributed by atoms with van der Waals surface area (Å²) < 4.78 is 6.39. The number of nitrogens with zero attached hydrogens (tertiary/aromatic N) is 5. The third-order valence-electron chi connectivity index (χ3n) is 7.37. The number of aromatic amines is 1. The number of aromatic nitrogens is 4. The number of nitrogens with two attached hydrogens (primary N) is 1. The predicted molar refractivity (Wildman–Crippen MR) is 141 cm³/mol. The van der Waals surface area contributed by atoms with Gasteiger partial charge in [0.15, 0.2) is 11.5 Å². The zero-order chi connectivity index (χ0) is 26.5. The Labute approximate surface area is 220 Å². The van der Waals surface area contributed by atoms with Crippen molar-refractivity contribution < 1.29 is 19.4 Å². The minimum atomic E-state index is -1.20. The number of fused-ring (bicyclic) bond motifs is 2. The number of unbranched alkanes of at least 4 members (excludes halogenated alkanes) is 1. The number of rotatable bonds is 10. The molecule has 0 spiro atoms. The molecule has 5 rings (SSSR count). The van der Waals surface area contributed by atoms with E-state index in [1.165, 1.54) is 6.33 Å². The first-order chi connectivity index (χ1) is 18.5. The van der Waals surface area contributed by atoms with E-state index in [2.05, 4.69) is 36.2 Å². The summed E-state index contributed by atoms with van der Waals surface area (Å²) in [6, 6.07) is 5.35. The van der Waals surface area contributed by atoms with E-state index in [1.807, 2.05) is 12.1 Å². The Morgan fingerprint density at radius 2 is 2.13 bits per heavy atom. The summed E-state index contributed by atoms with van der Waals surface area (Å²) >= 11 is 0. The summed E-state index contributed by atoms with van der Waals surface area (Å²) in [6.45, 7) is 2.78. The van der Waals surface area contributed by atoms with Crippen molar-refractivity contribution in [3.8, 4) is 5.75 Å². The summed E-state index contributed by atoms with van der Waals surface area (Å²) in [4.78, 5) is 44.8. The lowest BCUT2D eigenvalue weighted by molar-refractivity contribution is -0.134. The van der Waals surface area contributed by atoms with Gasteiger partial charge >= 0.3 is 6.09 Å². The van der Waals surface area contributed by atoms with Crippen LogP contribution in [0.3, 0.4) is 0 Å². The molecule has 202 valence electrons. The number of amides is 2.